The molecule has 1 aromatic carbocycles. The molecule has 1 aliphatic carbocycles. The molecule has 0 spiro atoms. The van der Waals surface area contributed by atoms with Gasteiger partial charge in [-0.3, -0.25) is 0 Å². The molecule has 0 aromatic heterocycles. The van der Waals surface area contributed by atoms with Crippen molar-refractivity contribution < 1.29 is 8.78 Å². The monoisotopic (exact) mass is 274 g/mol. The summed E-state index contributed by atoms with van der Waals surface area (Å²) >= 11 is 6.10. The number of halogens is 3. The van der Waals surface area contributed by atoms with Crippen molar-refractivity contribution in [3.63, 3.8) is 0 Å². The van der Waals surface area contributed by atoms with E-state index < -0.39 is 6.43 Å². The fraction of sp³-hybridized carbons (Fsp3) is 0.538. The van der Waals surface area contributed by atoms with Gasteiger partial charge in [0.1, 0.15) is 0 Å². The molecule has 1 aromatic rings. The second kappa shape index (κ2) is 6.45. The molecular weight excluding hydrogens is 258 g/mol. The van der Waals surface area contributed by atoms with Crippen LogP contribution in [0, 0.1) is 0 Å². The second-order valence-electron chi connectivity index (χ2n) is 4.60. The van der Waals surface area contributed by atoms with E-state index in [4.69, 9.17) is 11.6 Å². The minimum Gasteiger partial charge on any atom is -0.310 e. The van der Waals surface area contributed by atoms with Crippen molar-refractivity contribution in [1.29, 1.82) is 0 Å². The molecule has 0 saturated heterocycles. The van der Waals surface area contributed by atoms with Crippen LogP contribution in [0.3, 0.4) is 0 Å². The first-order chi connectivity index (χ1) is 8.65. The van der Waals surface area contributed by atoms with Crippen molar-refractivity contribution in [2.45, 2.75) is 38.4 Å². The van der Waals surface area contributed by atoms with Gasteiger partial charge in [0, 0.05) is 24.2 Å². The van der Waals surface area contributed by atoms with Crippen LogP contribution in [0.4, 0.5) is 8.78 Å². The third-order valence-corrected chi connectivity index (χ3v) is 3.27. The lowest BCUT2D eigenvalue weighted by Crippen LogP contribution is -2.21. The van der Waals surface area contributed by atoms with Crippen molar-refractivity contribution in [3.05, 3.63) is 34.3 Å². The van der Waals surface area contributed by atoms with Crippen LogP contribution >= 0.6 is 11.6 Å². The van der Waals surface area contributed by atoms with Gasteiger partial charge >= 0.3 is 0 Å². The summed E-state index contributed by atoms with van der Waals surface area (Å²) in [5.74, 6) is 0. The van der Waals surface area contributed by atoms with Gasteiger partial charge in [-0.25, -0.2) is 8.78 Å². The molecule has 0 unspecified atom stereocenters. The molecule has 0 atom stereocenters. The first-order valence-electron chi connectivity index (χ1n) is 6.14. The molecule has 18 heavy (non-hydrogen) atoms. The Labute approximate surface area is 111 Å². The SMILES string of the molecule is FC(F)CNCc1ccc(Cl)c(CNC2CC2)c1. The fourth-order valence-electron chi connectivity index (χ4n) is 1.74. The van der Waals surface area contributed by atoms with Crippen molar-refractivity contribution in [3.8, 4) is 0 Å². The third kappa shape index (κ3) is 4.52. The van der Waals surface area contributed by atoms with Gasteiger partial charge in [-0.05, 0) is 30.0 Å². The number of hydrogen-bond acceptors (Lipinski definition) is 2. The zero-order chi connectivity index (χ0) is 13.0. The highest BCUT2D eigenvalue weighted by Gasteiger charge is 2.20. The molecule has 1 saturated carbocycles. The molecule has 2 N–H and O–H groups in total. The van der Waals surface area contributed by atoms with E-state index in [2.05, 4.69) is 10.6 Å². The Bertz CT molecular complexity index is 395. The summed E-state index contributed by atoms with van der Waals surface area (Å²) < 4.78 is 24.0. The van der Waals surface area contributed by atoms with Gasteiger partial charge in [0.15, 0.2) is 0 Å². The quantitative estimate of drug-likeness (QED) is 0.799. The highest BCUT2D eigenvalue weighted by Crippen LogP contribution is 2.22. The van der Waals surface area contributed by atoms with Crippen LogP contribution in [0.25, 0.3) is 0 Å². The van der Waals surface area contributed by atoms with E-state index in [-0.39, 0.29) is 6.54 Å². The van der Waals surface area contributed by atoms with Gasteiger partial charge in [0.25, 0.3) is 6.43 Å². The normalized spacial score (nSPS) is 15.3. The maximum absolute atomic E-state index is 12.0. The molecule has 0 radical (unpaired) electrons. The van der Waals surface area contributed by atoms with Gasteiger partial charge in [0.2, 0.25) is 0 Å². The van der Waals surface area contributed by atoms with E-state index >= 15 is 0 Å². The smallest absolute Gasteiger partial charge is 0.250 e. The van der Waals surface area contributed by atoms with E-state index in [0.717, 1.165) is 22.7 Å². The van der Waals surface area contributed by atoms with Crippen LogP contribution in [0.5, 0.6) is 0 Å². The van der Waals surface area contributed by atoms with Crippen LogP contribution in [0.2, 0.25) is 5.02 Å². The summed E-state index contributed by atoms with van der Waals surface area (Å²) in [5, 5.41) is 6.82. The van der Waals surface area contributed by atoms with E-state index in [1.165, 1.54) is 12.8 Å². The largest absolute Gasteiger partial charge is 0.310 e. The highest BCUT2D eigenvalue weighted by atomic mass is 35.5. The maximum atomic E-state index is 12.0. The van der Waals surface area contributed by atoms with E-state index in [1.54, 1.807) is 0 Å². The molecule has 0 aliphatic heterocycles. The molecule has 2 nitrogen and oxygen atoms in total. The van der Waals surface area contributed by atoms with Crippen molar-refractivity contribution >= 4 is 11.6 Å². The average Bonchev–Trinajstić information content (AvgIpc) is 3.13. The maximum Gasteiger partial charge on any atom is 0.250 e. The predicted octanol–water partition coefficient (Wildman–Crippen LogP) is 2.95. The Morgan fingerprint density at radius 3 is 2.72 bits per heavy atom. The molecular formula is C13H17ClF2N2. The number of hydrogen-bond donors (Lipinski definition) is 2. The Morgan fingerprint density at radius 2 is 2.06 bits per heavy atom. The summed E-state index contributed by atoms with van der Waals surface area (Å²) in [6, 6.07) is 6.28. The summed E-state index contributed by atoms with van der Waals surface area (Å²) in [4.78, 5) is 0. The van der Waals surface area contributed by atoms with Gasteiger partial charge in [-0.2, -0.15) is 0 Å². The van der Waals surface area contributed by atoms with Crippen LogP contribution in [-0.4, -0.2) is 19.0 Å². The number of nitrogens with one attached hydrogen (secondary N) is 2. The first kappa shape index (κ1) is 13.7. The average molecular weight is 275 g/mol. The van der Waals surface area contributed by atoms with E-state index in [1.807, 2.05) is 18.2 Å². The lowest BCUT2D eigenvalue weighted by Gasteiger charge is -2.09. The lowest BCUT2D eigenvalue weighted by molar-refractivity contribution is 0.145. The lowest BCUT2D eigenvalue weighted by atomic mass is 10.1. The molecule has 0 heterocycles. The van der Waals surface area contributed by atoms with Gasteiger partial charge in [0.05, 0.1) is 6.54 Å². The predicted molar refractivity (Wildman–Crippen MR) is 69.0 cm³/mol. The number of rotatable bonds is 7. The molecule has 0 amide bonds. The Balaban J connectivity index is 1.87. The van der Waals surface area contributed by atoms with Crippen LogP contribution < -0.4 is 10.6 Å². The Hall–Kier alpha value is -0.710. The summed E-state index contributed by atoms with van der Waals surface area (Å²) in [7, 11) is 0. The molecule has 1 fully saturated rings. The van der Waals surface area contributed by atoms with E-state index in [9.17, 15) is 8.78 Å². The molecule has 1 aliphatic rings. The zero-order valence-electron chi connectivity index (χ0n) is 10.1. The summed E-state index contributed by atoms with van der Waals surface area (Å²) in [5.41, 5.74) is 2.01. The van der Waals surface area contributed by atoms with Gasteiger partial charge in [-0.15, -0.1) is 0 Å². The van der Waals surface area contributed by atoms with Crippen molar-refractivity contribution in [2.24, 2.45) is 0 Å². The van der Waals surface area contributed by atoms with Crippen LogP contribution in [0.1, 0.15) is 24.0 Å². The second-order valence-corrected chi connectivity index (χ2v) is 5.01. The van der Waals surface area contributed by atoms with Crippen LogP contribution in [0.15, 0.2) is 18.2 Å². The third-order valence-electron chi connectivity index (χ3n) is 2.90. The first-order valence-corrected chi connectivity index (χ1v) is 6.52. The fourth-order valence-corrected chi connectivity index (χ4v) is 1.93. The number of benzene rings is 1. The summed E-state index contributed by atoms with van der Waals surface area (Å²) in [6.45, 7) is 0.905. The molecule has 2 rings (SSSR count). The Morgan fingerprint density at radius 1 is 1.28 bits per heavy atom. The minimum absolute atomic E-state index is 0.279. The topological polar surface area (TPSA) is 24.1 Å². The van der Waals surface area contributed by atoms with Crippen molar-refractivity contribution in [1.82, 2.24) is 10.6 Å². The minimum atomic E-state index is -2.31. The van der Waals surface area contributed by atoms with Crippen LogP contribution in [-0.2, 0) is 13.1 Å². The molecule has 0 bridgehead atoms. The molecule has 5 heteroatoms. The highest BCUT2D eigenvalue weighted by molar-refractivity contribution is 6.31. The zero-order valence-corrected chi connectivity index (χ0v) is 10.8. The number of alkyl halides is 2. The summed E-state index contributed by atoms with van der Waals surface area (Å²) in [6.07, 6.45) is 0.147. The van der Waals surface area contributed by atoms with Gasteiger partial charge < -0.3 is 10.6 Å². The van der Waals surface area contributed by atoms with E-state index in [0.29, 0.717) is 12.6 Å². The van der Waals surface area contributed by atoms with Crippen molar-refractivity contribution in [2.75, 3.05) is 6.54 Å². The van der Waals surface area contributed by atoms with Gasteiger partial charge in [-0.1, -0.05) is 23.7 Å². The molecule has 100 valence electrons. The standard InChI is InChI=1S/C13H17ClF2N2/c14-12-4-1-9(6-17-8-13(15)16)5-10(12)7-18-11-2-3-11/h1,4-5,11,13,17-18H,2-3,6-8H2. The Kier molecular flexibility index (Phi) is 4.92.